The summed E-state index contributed by atoms with van der Waals surface area (Å²) in [5.74, 6) is 1.71. The summed E-state index contributed by atoms with van der Waals surface area (Å²) in [6.07, 6.45) is 8.72. The van der Waals surface area contributed by atoms with Crippen LogP contribution in [0, 0.1) is 5.41 Å². The van der Waals surface area contributed by atoms with E-state index in [0.717, 1.165) is 35.4 Å². The van der Waals surface area contributed by atoms with E-state index in [0.29, 0.717) is 5.41 Å². The molecule has 1 aliphatic rings. The molecule has 2 rings (SSSR count). The molecule has 2 N–H and O–H groups in total. The second kappa shape index (κ2) is 7.50. The van der Waals surface area contributed by atoms with Gasteiger partial charge in [-0.3, -0.25) is 0 Å². The summed E-state index contributed by atoms with van der Waals surface area (Å²) >= 11 is 3.58. The lowest BCUT2D eigenvalue weighted by Crippen LogP contribution is -2.22. The van der Waals surface area contributed by atoms with Gasteiger partial charge >= 0.3 is 0 Å². The van der Waals surface area contributed by atoms with E-state index < -0.39 is 0 Å². The Morgan fingerprint density at radius 1 is 1.14 bits per heavy atom. The third-order valence-corrected chi connectivity index (χ3v) is 5.58. The van der Waals surface area contributed by atoms with Crippen LogP contribution in [0.4, 0.5) is 0 Å². The number of rotatable bonds is 7. The molecule has 4 heteroatoms. The summed E-state index contributed by atoms with van der Waals surface area (Å²) in [6.45, 7) is 0.795. The van der Waals surface area contributed by atoms with E-state index in [1.165, 1.54) is 37.7 Å². The Bertz CT molecular complexity index is 470. The Balaban J connectivity index is 2.14. The zero-order valence-electron chi connectivity index (χ0n) is 13.1. The molecule has 0 amide bonds. The van der Waals surface area contributed by atoms with Gasteiger partial charge in [-0.1, -0.05) is 18.9 Å². The summed E-state index contributed by atoms with van der Waals surface area (Å²) < 4.78 is 11.8. The average molecular weight is 356 g/mol. The summed E-state index contributed by atoms with van der Waals surface area (Å²) in [4.78, 5) is 0. The van der Waals surface area contributed by atoms with Crippen LogP contribution in [-0.4, -0.2) is 20.8 Å². The van der Waals surface area contributed by atoms with Gasteiger partial charge in [-0.05, 0) is 71.6 Å². The van der Waals surface area contributed by atoms with Crippen molar-refractivity contribution in [2.24, 2.45) is 11.1 Å². The van der Waals surface area contributed by atoms with Gasteiger partial charge in [0, 0.05) is 0 Å². The molecule has 3 nitrogen and oxygen atoms in total. The van der Waals surface area contributed by atoms with Crippen LogP contribution < -0.4 is 15.2 Å². The lowest BCUT2D eigenvalue weighted by molar-refractivity contribution is 0.252. The quantitative estimate of drug-likeness (QED) is 0.792. The Morgan fingerprint density at radius 3 is 2.43 bits per heavy atom. The van der Waals surface area contributed by atoms with Crippen molar-refractivity contribution in [1.82, 2.24) is 0 Å². The monoisotopic (exact) mass is 355 g/mol. The van der Waals surface area contributed by atoms with Crippen molar-refractivity contribution in [3.8, 4) is 11.5 Å². The molecule has 0 unspecified atom stereocenters. The molecule has 1 aliphatic carbocycles. The van der Waals surface area contributed by atoms with Gasteiger partial charge in [-0.25, -0.2) is 0 Å². The van der Waals surface area contributed by atoms with Crippen molar-refractivity contribution in [2.75, 3.05) is 20.8 Å². The molecule has 1 fully saturated rings. The summed E-state index contributed by atoms with van der Waals surface area (Å²) in [5.41, 5.74) is 7.53. The molecule has 118 valence electrons. The van der Waals surface area contributed by atoms with Gasteiger partial charge in [0.2, 0.25) is 0 Å². The van der Waals surface area contributed by atoms with Crippen LogP contribution in [0.25, 0.3) is 0 Å². The first-order valence-electron chi connectivity index (χ1n) is 7.75. The second-order valence-corrected chi connectivity index (χ2v) is 6.81. The van der Waals surface area contributed by atoms with Crippen LogP contribution >= 0.6 is 15.9 Å². The zero-order valence-corrected chi connectivity index (χ0v) is 14.7. The molecule has 0 aromatic heterocycles. The number of nitrogens with two attached hydrogens (primary N) is 1. The predicted octanol–water partition coefficient (Wildman–Crippen LogP) is 4.31. The minimum Gasteiger partial charge on any atom is -0.495 e. The molecule has 0 radical (unpaired) electrons. The van der Waals surface area contributed by atoms with Crippen LogP contribution in [-0.2, 0) is 6.42 Å². The molecule has 0 spiro atoms. The highest BCUT2D eigenvalue weighted by Gasteiger charge is 2.32. The van der Waals surface area contributed by atoms with Gasteiger partial charge in [0.1, 0.15) is 16.0 Å². The highest BCUT2D eigenvalue weighted by Crippen LogP contribution is 2.46. The lowest BCUT2D eigenvalue weighted by atomic mass is 9.77. The fourth-order valence-corrected chi connectivity index (χ4v) is 4.32. The second-order valence-electron chi connectivity index (χ2n) is 6.02. The largest absolute Gasteiger partial charge is 0.495 e. The molecule has 0 aliphatic heterocycles. The SMILES string of the molecule is COc1ccc(CCC2(CCN)CCCC2)c(OC)c1Br. The number of methoxy groups -OCH3 is 2. The molecule has 1 aromatic rings. The van der Waals surface area contributed by atoms with Crippen molar-refractivity contribution in [3.63, 3.8) is 0 Å². The molecular weight excluding hydrogens is 330 g/mol. The molecule has 1 aromatic carbocycles. The summed E-state index contributed by atoms with van der Waals surface area (Å²) in [7, 11) is 3.39. The molecular formula is C17H26BrNO2. The Labute approximate surface area is 136 Å². The smallest absolute Gasteiger partial charge is 0.139 e. The van der Waals surface area contributed by atoms with Crippen LogP contribution in [0.3, 0.4) is 0 Å². The lowest BCUT2D eigenvalue weighted by Gasteiger charge is -2.29. The Morgan fingerprint density at radius 2 is 1.86 bits per heavy atom. The Hall–Kier alpha value is -0.740. The third kappa shape index (κ3) is 3.72. The molecule has 1 saturated carbocycles. The standard InChI is InChI=1S/C17H26BrNO2/c1-20-14-6-5-13(16(21-2)15(14)18)7-10-17(11-12-19)8-3-4-9-17/h5-6H,3-4,7-12,19H2,1-2H3. The molecule has 0 atom stereocenters. The normalized spacial score (nSPS) is 17.0. The van der Waals surface area contributed by atoms with Crippen LogP contribution in [0.15, 0.2) is 16.6 Å². The van der Waals surface area contributed by atoms with E-state index in [-0.39, 0.29) is 0 Å². The number of halogens is 1. The van der Waals surface area contributed by atoms with Crippen LogP contribution in [0.2, 0.25) is 0 Å². The van der Waals surface area contributed by atoms with Gasteiger partial charge in [0.15, 0.2) is 0 Å². The highest BCUT2D eigenvalue weighted by molar-refractivity contribution is 9.10. The molecule has 0 saturated heterocycles. The van der Waals surface area contributed by atoms with Crippen molar-refractivity contribution < 1.29 is 9.47 Å². The highest BCUT2D eigenvalue weighted by atomic mass is 79.9. The first-order chi connectivity index (χ1) is 10.2. The maximum atomic E-state index is 5.83. The number of hydrogen-bond acceptors (Lipinski definition) is 3. The number of ether oxygens (including phenoxy) is 2. The average Bonchev–Trinajstić information content (AvgIpc) is 2.94. The minimum atomic E-state index is 0.451. The van der Waals surface area contributed by atoms with E-state index in [1.807, 2.05) is 6.07 Å². The Kier molecular flexibility index (Phi) is 5.94. The summed E-state index contributed by atoms with van der Waals surface area (Å²) in [5, 5.41) is 0. The fraction of sp³-hybridized carbons (Fsp3) is 0.647. The van der Waals surface area contributed by atoms with E-state index in [2.05, 4.69) is 22.0 Å². The molecule has 0 bridgehead atoms. The maximum Gasteiger partial charge on any atom is 0.139 e. The molecule has 21 heavy (non-hydrogen) atoms. The maximum absolute atomic E-state index is 5.83. The van der Waals surface area contributed by atoms with Gasteiger partial charge in [0.25, 0.3) is 0 Å². The first-order valence-corrected chi connectivity index (χ1v) is 8.54. The van der Waals surface area contributed by atoms with E-state index in [9.17, 15) is 0 Å². The van der Waals surface area contributed by atoms with Gasteiger partial charge in [-0.15, -0.1) is 0 Å². The number of hydrogen-bond donors (Lipinski definition) is 1. The molecule has 0 heterocycles. The van der Waals surface area contributed by atoms with Gasteiger partial charge in [0.05, 0.1) is 14.2 Å². The minimum absolute atomic E-state index is 0.451. The van der Waals surface area contributed by atoms with Gasteiger partial charge < -0.3 is 15.2 Å². The van der Waals surface area contributed by atoms with E-state index >= 15 is 0 Å². The van der Waals surface area contributed by atoms with Crippen molar-refractivity contribution in [2.45, 2.75) is 44.9 Å². The summed E-state index contributed by atoms with van der Waals surface area (Å²) in [6, 6.07) is 4.12. The van der Waals surface area contributed by atoms with E-state index in [1.54, 1.807) is 14.2 Å². The number of aryl methyl sites for hydroxylation is 1. The fourth-order valence-electron chi connectivity index (χ4n) is 3.61. The first kappa shape index (κ1) is 16.6. The van der Waals surface area contributed by atoms with E-state index in [4.69, 9.17) is 15.2 Å². The van der Waals surface area contributed by atoms with Crippen molar-refractivity contribution >= 4 is 15.9 Å². The van der Waals surface area contributed by atoms with Crippen molar-refractivity contribution in [1.29, 1.82) is 0 Å². The third-order valence-electron chi connectivity index (χ3n) is 4.83. The van der Waals surface area contributed by atoms with Crippen LogP contribution in [0.5, 0.6) is 11.5 Å². The zero-order chi connectivity index (χ0) is 15.3. The van der Waals surface area contributed by atoms with Gasteiger partial charge in [-0.2, -0.15) is 0 Å². The number of benzene rings is 1. The van der Waals surface area contributed by atoms with Crippen LogP contribution in [0.1, 0.15) is 44.1 Å². The predicted molar refractivity (Wildman–Crippen MR) is 90.1 cm³/mol. The van der Waals surface area contributed by atoms with Crippen molar-refractivity contribution in [3.05, 3.63) is 22.2 Å². The topological polar surface area (TPSA) is 44.5 Å².